The van der Waals surface area contributed by atoms with Gasteiger partial charge >= 0.3 is 5.97 Å². The molecule has 0 aliphatic carbocycles. The number of methoxy groups -OCH3 is 1. The van der Waals surface area contributed by atoms with Crippen molar-refractivity contribution >= 4 is 45.1 Å². The molecule has 0 radical (unpaired) electrons. The van der Waals surface area contributed by atoms with Gasteiger partial charge in [-0.1, -0.05) is 29.5 Å². The number of ketones is 1. The zero-order valence-electron chi connectivity index (χ0n) is 18.0. The van der Waals surface area contributed by atoms with Crippen LogP contribution in [-0.2, 0) is 9.53 Å². The maximum absolute atomic E-state index is 13.6. The molecule has 1 atom stereocenters. The third kappa shape index (κ3) is 3.35. The molecule has 9 nitrogen and oxygen atoms in total. The number of furan rings is 1. The second-order valence-corrected chi connectivity index (χ2v) is 8.48. The lowest BCUT2D eigenvalue weighted by molar-refractivity contribution is -0.117. The topological polar surface area (TPSA) is 123 Å². The highest BCUT2D eigenvalue weighted by Gasteiger charge is 2.47. The Morgan fingerprint density at radius 2 is 1.91 bits per heavy atom. The summed E-state index contributed by atoms with van der Waals surface area (Å²) in [6, 6.07) is 10.9. The van der Waals surface area contributed by atoms with E-state index in [4.69, 9.17) is 9.15 Å². The van der Waals surface area contributed by atoms with Gasteiger partial charge in [0.1, 0.15) is 10.5 Å². The van der Waals surface area contributed by atoms with Gasteiger partial charge in [0.25, 0.3) is 5.91 Å². The minimum Gasteiger partial charge on any atom is -0.503 e. The summed E-state index contributed by atoms with van der Waals surface area (Å²) in [5.41, 5.74) is 1.25. The largest absolute Gasteiger partial charge is 0.503 e. The fourth-order valence-electron chi connectivity index (χ4n) is 3.89. The van der Waals surface area contributed by atoms with Crippen molar-refractivity contribution in [3.63, 3.8) is 0 Å². The lowest BCUT2D eigenvalue weighted by Crippen LogP contribution is -2.31. The minimum atomic E-state index is -1.01. The van der Waals surface area contributed by atoms with Crippen molar-refractivity contribution in [2.24, 2.45) is 0 Å². The number of carbonyl (C=O) groups excluding carboxylic acids is 3. The minimum absolute atomic E-state index is 0.0120. The molecule has 10 heteroatoms. The number of amides is 1. The van der Waals surface area contributed by atoms with E-state index < -0.39 is 29.5 Å². The Bertz CT molecular complexity index is 1450. The first kappa shape index (κ1) is 21.5. The van der Waals surface area contributed by atoms with E-state index in [-0.39, 0.29) is 21.3 Å². The molecular weight excluding hydrogens is 458 g/mol. The Morgan fingerprint density at radius 1 is 1.18 bits per heavy atom. The van der Waals surface area contributed by atoms with Crippen LogP contribution in [0, 0.1) is 6.92 Å². The van der Waals surface area contributed by atoms with E-state index in [0.717, 1.165) is 11.3 Å². The number of hydrogen-bond donors (Lipinski definition) is 1. The van der Waals surface area contributed by atoms with Crippen LogP contribution in [0.4, 0.5) is 5.13 Å². The van der Waals surface area contributed by atoms with Gasteiger partial charge in [-0.15, -0.1) is 0 Å². The molecule has 0 saturated carbocycles. The lowest BCUT2D eigenvalue weighted by atomic mass is 9.96. The number of aromatic nitrogens is 2. The number of nitrogens with zero attached hydrogens (tertiary/aromatic N) is 3. The van der Waals surface area contributed by atoms with Crippen molar-refractivity contribution in [1.82, 2.24) is 9.97 Å². The van der Waals surface area contributed by atoms with Crippen LogP contribution >= 0.6 is 11.3 Å². The second-order valence-electron chi connectivity index (χ2n) is 7.50. The monoisotopic (exact) mass is 475 g/mol. The van der Waals surface area contributed by atoms with Crippen molar-refractivity contribution in [2.75, 3.05) is 12.0 Å². The number of pyridine rings is 1. The van der Waals surface area contributed by atoms with Crippen LogP contribution in [-0.4, -0.2) is 39.8 Å². The van der Waals surface area contributed by atoms with Crippen molar-refractivity contribution in [1.29, 1.82) is 0 Å². The van der Waals surface area contributed by atoms with Crippen LogP contribution in [0.3, 0.4) is 0 Å². The molecule has 5 rings (SSSR count). The van der Waals surface area contributed by atoms with Crippen molar-refractivity contribution in [3.8, 4) is 0 Å². The molecule has 1 amide bonds. The summed E-state index contributed by atoms with van der Waals surface area (Å²) in [6.45, 7) is 1.61. The molecular formula is C24H17N3O6S. The lowest BCUT2D eigenvalue weighted by Gasteiger charge is -2.24. The van der Waals surface area contributed by atoms with Gasteiger partial charge < -0.3 is 14.3 Å². The van der Waals surface area contributed by atoms with Crippen molar-refractivity contribution in [2.45, 2.75) is 13.0 Å². The van der Waals surface area contributed by atoms with E-state index in [1.165, 1.54) is 24.4 Å². The molecule has 0 bridgehead atoms. The van der Waals surface area contributed by atoms with Gasteiger partial charge in [0.15, 0.2) is 16.7 Å². The van der Waals surface area contributed by atoms with E-state index in [9.17, 15) is 19.5 Å². The SMILES string of the molecule is COC(=O)c1sc(N2C(=O)C(O)=C(C(=O)c3cc4ccccc4o3)C2c2ccncc2)nc1C. The number of para-hydroxylation sites is 1. The molecule has 3 aromatic heterocycles. The Morgan fingerprint density at radius 3 is 2.62 bits per heavy atom. The Kier molecular flexibility index (Phi) is 5.21. The summed E-state index contributed by atoms with van der Waals surface area (Å²) in [7, 11) is 1.25. The number of esters is 1. The maximum atomic E-state index is 13.6. The molecule has 34 heavy (non-hydrogen) atoms. The average Bonchev–Trinajstić information content (AvgIpc) is 3.53. The highest BCUT2D eigenvalue weighted by atomic mass is 32.1. The predicted molar refractivity (Wildman–Crippen MR) is 123 cm³/mol. The van der Waals surface area contributed by atoms with Gasteiger partial charge in [0, 0.05) is 17.8 Å². The van der Waals surface area contributed by atoms with Gasteiger partial charge in [0.05, 0.1) is 24.4 Å². The number of benzene rings is 1. The van der Waals surface area contributed by atoms with Gasteiger partial charge in [-0.05, 0) is 36.8 Å². The number of aryl methyl sites for hydroxylation is 1. The molecule has 0 fully saturated rings. The number of aliphatic hydroxyl groups is 1. The number of ether oxygens (including phenoxy) is 1. The predicted octanol–water partition coefficient (Wildman–Crippen LogP) is 4.16. The third-order valence-corrected chi connectivity index (χ3v) is 6.62. The number of carbonyl (C=O) groups is 3. The molecule has 1 unspecified atom stereocenters. The van der Waals surface area contributed by atoms with E-state index in [2.05, 4.69) is 9.97 Å². The highest BCUT2D eigenvalue weighted by molar-refractivity contribution is 7.17. The van der Waals surface area contributed by atoms with Crippen LogP contribution in [0.25, 0.3) is 11.0 Å². The Labute approximate surface area is 196 Å². The second kappa shape index (κ2) is 8.23. The van der Waals surface area contributed by atoms with Gasteiger partial charge in [-0.25, -0.2) is 9.78 Å². The summed E-state index contributed by atoms with van der Waals surface area (Å²) >= 11 is 0.938. The number of Topliss-reactive ketones (excluding diaryl/α,β-unsaturated/α-hetero) is 1. The number of thiazole rings is 1. The van der Waals surface area contributed by atoms with E-state index in [1.807, 2.05) is 6.07 Å². The third-order valence-electron chi connectivity index (χ3n) is 5.49. The number of anilines is 1. The summed E-state index contributed by atoms with van der Waals surface area (Å²) in [4.78, 5) is 48.7. The molecule has 4 aromatic rings. The van der Waals surface area contributed by atoms with Crippen molar-refractivity contribution in [3.05, 3.63) is 88.1 Å². The first-order valence-electron chi connectivity index (χ1n) is 10.2. The standard InChI is InChI=1S/C24H17N3O6S/c1-12-21(23(31)32-2)34-24(26-12)27-18(13-7-9-25-10-8-13)17(20(29)22(27)30)19(28)16-11-14-5-3-4-6-15(14)33-16/h3-11,18,29H,1-2H3. The van der Waals surface area contributed by atoms with Crippen LogP contribution < -0.4 is 4.90 Å². The zero-order valence-corrected chi connectivity index (χ0v) is 18.8. The highest BCUT2D eigenvalue weighted by Crippen LogP contribution is 2.44. The van der Waals surface area contributed by atoms with E-state index in [1.54, 1.807) is 43.3 Å². The van der Waals surface area contributed by atoms with Crippen LogP contribution in [0.2, 0.25) is 0 Å². The summed E-state index contributed by atoms with van der Waals surface area (Å²) in [5, 5.41) is 11.7. The first-order valence-corrected chi connectivity index (χ1v) is 11.0. The number of rotatable bonds is 5. The molecule has 1 aliphatic rings. The molecule has 1 N–H and O–H groups in total. The molecule has 170 valence electrons. The molecule has 0 saturated heterocycles. The fourth-order valence-corrected chi connectivity index (χ4v) is 4.90. The average molecular weight is 475 g/mol. The van der Waals surface area contributed by atoms with Crippen LogP contribution in [0.15, 0.2) is 70.6 Å². The summed E-state index contributed by atoms with van der Waals surface area (Å²) < 4.78 is 10.5. The quantitative estimate of drug-likeness (QED) is 0.337. The van der Waals surface area contributed by atoms with Crippen LogP contribution in [0.1, 0.15) is 37.5 Å². The van der Waals surface area contributed by atoms with E-state index >= 15 is 0 Å². The first-order chi connectivity index (χ1) is 16.4. The Hall–Kier alpha value is -4.31. The number of hydrogen-bond acceptors (Lipinski definition) is 9. The van der Waals surface area contributed by atoms with Gasteiger partial charge in [-0.3, -0.25) is 19.5 Å². The van der Waals surface area contributed by atoms with Crippen molar-refractivity contribution < 1.29 is 28.6 Å². The number of fused-ring (bicyclic) bond motifs is 1. The molecule has 4 heterocycles. The normalized spacial score (nSPS) is 15.9. The van der Waals surface area contributed by atoms with Gasteiger partial charge in [-0.2, -0.15) is 0 Å². The summed E-state index contributed by atoms with van der Waals surface area (Å²) in [5.74, 6) is -2.76. The molecule has 0 spiro atoms. The zero-order chi connectivity index (χ0) is 24.0. The van der Waals surface area contributed by atoms with Crippen LogP contribution in [0.5, 0.6) is 0 Å². The smallest absolute Gasteiger partial charge is 0.350 e. The van der Waals surface area contributed by atoms with E-state index in [0.29, 0.717) is 22.2 Å². The molecule has 1 aromatic carbocycles. The van der Waals surface area contributed by atoms with Gasteiger partial charge in [0.2, 0.25) is 5.78 Å². The fraction of sp³-hybridized carbons (Fsp3) is 0.125. The summed E-state index contributed by atoms with van der Waals surface area (Å²) in [6.07, 6.45) is 3.03. The number of aliphatic hydroxyl groups excluding tert-OH is 1. The Balaban J connectivity index is 1.64. The molecule has 1 aliphatic heterocycles. The maximum Gasteiger partial charge on any atom is 0.350 e.